The summed E-state index contributed by atoms with van der Waals surface area (Å²) in [6, 6.07) is 47.7. The lowest BCUT2D eigenvalue weighted by Crippen LogP contribution is -2.06. The second-order valence-corrected chi connectivity index (χ2v) is 17.0. The van der Waals surface area contributed by atoms with E-state index >= 15 is 0 Å². The molecule has 10 rings (SSSR count). The molecular weight excluding hydrogens is 968 g/mol. The molecule has 0 radical (unpaired) electrons. The van der Waals surface area contributed by atoms with E-state index in [4.69, 9.17) is 32.7 Å². The average Bonchev–Trinajstić information content (AvgIpc) is 4.23. The molecule has 4 heterocycles. The van der Waals surface area contributed by atoms with Gasteiger partial charge in [-0.1, -0.05) is 157 Å². The van der Waals surface area contributed by atoms with E-state index in [9.17, 15) is 14.7 Å². The molecule has 368 valence electrons. The van der Waals surface area contributed by atoms with Crippen LogP contribution in [0.5, 0.6) is 11.5 Å². The van der Waals surface area contributed by atoms with Gasteiger partial charge in [0.2, 0.25) is 0 Å². The number of nitrogens with zero attached hydrogens (tertiary/aromatic N) is 11. The molecule has 17 nitrogen and oxygen atoms in total. The molecule has 0 saturated carbocycles. The fourth-order valence-electron chi connectivity index (χ4n) is 8.04. The van der Waals surface area contributed by atoms with E-state index in [1.54, 1.807) is 30.5 Å². The number of aliphatic hydroxyl groups is 1. The summed E-state index contributed by atoms with van der Waals surface area (Å²) in [6.07, 6.45) is 1.36. The predicted molar refractivity (Wildman–Crippen MR) is 278 cm³/mol. The van der Waals surface area contributed by atoms with Crippen LogP contribution in [-0.2, 0) is 26.2 Å². The van der Waals surface area contributed by atoms with Crippen molar-refractivity contribution in [2.45, 2.75) is 40.1 Å². The molecule has 0 atom stereocenters. The first-order valence-electron chi connectivity index (χ1n) is 22.7. The molecule has 73 heavy (non-hydrogen) atoms. The molecule has 6 aromatic carbocycles. The molecule has 0 fully saturated rings. The molecule has 10 aromatic rings. The van der Waals surface area contributed by atoms with Crippen molar-refractivity contribution in [2.24, 2.45) is 0 Å². The summed E-state index contributed by atoms with van der Waals surface area (Å²) in [5.74, 6) is 4.29. The van der Waals surface area contributed by atoms with Gasteiger partial charge in [0.1, 0.15) is 39.7 Å². The highest BCUT2D eigenvalue weighted by atomic mass is 35.5. The maximum Gasteiger partial charge on any atom is 0.182 e. The quantitative estimate of drug-likeness (QED) is 0.0919. The van der Waals surface area contributed by atoms with E-state index in [0.29, 0.717) is 60.1 Å². The van der Waals surface area contributed by atoms with Crippen LogP contribution in [0.4, 0.5) is 0 Å². The lowest BCUT2D eigenvalue weighted by Gasteiger charge is -2.13. The molecule has 0 amide bonds. The number of para-hydroxylation sites is 2. The van der Waals surface area contributed by atoms with E-state index in [-0.39, 0.29) is 17.5 Å². The van der Waals surface area contributed by atoms with Crippen LogP contribution in [0.1, 0.15) is 54.9 Å². The van der Waals surface area contributed by atoms with Gasteiger partial charge in [0.05, 0.1) is 33.9 Å². The molecule has 0 bridgehead atoms. The number of carbonyl (C=O) groups is 2. The summed E-state index contributed by atoms with van der Waals surface area (Å²) in [5.41, 5.74) is 10.5. The molecule has 0 saturated heterocycles. The predicted octanol–water partition coefficient (Wildman–Crippen LogP) is 9.82. The Bertz CT molecular complexity index is 3460. The van der Waals surface area contributed by atoms with Gasteiger partial charge in [-0.15, -0.1) is 10.2 Å². The Kier molecular flexibility index (Phi) is 16.7. The highest BCUT2D eigenvalue weighted by Gasteiger charge is 2.19. The number of methoxy groups -OCH3 is 2. The van der Waals surface area contributed by atoms with Crippen LogP contribution in [-0.4, -0.2) is 91.8 Å². The first kappa shape index (κ1) is 50.7. The number of aldehydes is 2. The van der Waals surface area contributed by atoms with Gasteiger partial charge in [0.15, 0.2) is 29.4 Å². The van der Waals surface area contributed by atoms with Crippen molar-refractivity contribution in [1.29, 1.82) is 0 Å². The highest BCUT2D eigenvalue weighted by molar-refractivity contribution is 6.31. The minimum atomic E-state index is 0.0269. The summed E-state index contributed by atoms with van der Waals surface area (Å²) in [4.78, 5) is 32.2. The van der Waals surface area contributed by atoms with E-state index in [1.807, 2.05) is 139 Å². The summed E-state index contributed by atoms with van der Waals surface area (Å²) in [5, 5.41) is 34.7. The number of aromatic amines is 1. The number of ether oxygens (including phenoxy) is 2. The smallest absolute Gasteiger partial charge is 0.182 e. The number of aryl methyl sites for hydroxylation is 2. The van der Waals surface area contributed by atoms with E-state index in [0.717, 1.165) is 73.4 Å². The van der Waals surface area contributed by atoms with Crippen LogP contribution >= 0.6 is 23.2 Å². The number of carbonyl (C=O) groups excluding carboxylic acids is 2. The lowest BCUT2D eigenvalue weighted by atomic mass is 9.98. The van der Waals surface area contributed by atoms with Crippen LogP contribution in [0.3, 0.4) is 0 Å². The Morgan fingerprint density at radius 2 is 1.04 bits per heavy atom. The van der Waals surface area contributed by atoms with Crippen molar-refractivity contribution in [2.75, 3.05) is 14.2 Å². The number of rotatable bonds is 15. The number of benzene rings is 6. The topological polar surface area (TPSA) is 207 Å². The first-order chi connectivity index (χ1) is 35.6. The van der Waals surface area contributed by atoms with Gasteiger partial charge in [0.25, 0.3) is 0 Å². The highest BCUT2D eigenvalue weighted by Crippen LogP contribution is 2.34. The van der Waals surface area contributed by atoms with Gasteiger partial charge < -0.3 is 24.1 Å². The Balaban J connectivity index is 0.000000170. The van der Waals surface area contributed by atoms with Crippen LogP contribution in [0.2, 0.25) is 10.3 Å². The van der Waals surface area contributed by atoms with Crippen molar-refractivity contribution in [3.8, 4) is 56.5 Å². The maximum atomic E-state index is 11.4. The molecule has 0 aliphatic carbocycles. The molecule has 0 aliphatic rings. The van der Waals surface area contributed by atoms with Gasteiger partial charge in [-0.2, -0.15) is 0 Å². The normalized spacial score (nSPS) is 10.7. The van der Waals surface area contributed by atoms with E-state index in [2.05, 4.69) is 64.2 Å². The molecule has 0 unspecified atom stereocenters. The Hall–Kier alpha value is -8.64. The fourth-order valence-corrected chi connectivity index (χ4v) is 8.53. The zero-order valence-electron chi connectivity index (χ0n) is 40.1. The van der Waals surface area contributed by atoms with E-state index < -0.39 is 0 Å². The fraction of sp³-hybridized carbons (Fsp3) is 0.148. The summed E-state index contributed by atoms with van der Waals surface area (Å²) in [7, 11) is 3.31. The molecule has 2 N–H and O–H groups in total. The summed E-state index contributed by atoms with van der Waals surface area (Å²) >= 11 is 11.6. The largest absolute Gasteiger partial charge is 0.496 e. The minimum Gasteiger partial charge on any atom is -0.496 e. The van der Waals surface area contributed by atoms with Crippen LogP contribution < -0.4 is 9.47 Å². The van der Waals surface area contributed by atoms with Crippen molar-refractivity contribution >= 4 is 35.8 Å². The van der Waals surface area contributed by atoms with Gasteiger partial charge in [0, 0.05) is 28.8 Å². The van der Waals surface area contributed by atoms with Crippen LogP contribution in [0.15, 0.2) is 146 Å². The number of imidazole rings is 2. The Morgan fingerprint density at radius 3 is 1.47 bits per heavy atom. The Morgan fingerprint density at radius 1 is 0.575 bits per heavy atom. The van der Waals surface area contributed by atoms with E-state index in [1.165, 1.54) is 0 Å². The van der Waals surface area contributed by atoms with Crippen LogP contribution in [0.25, 0.3) is 45.0 Å². The van der Waals surface area contributed by atoms with Gasteiger partial charge in [-0.05, 0) is 80.2 Å². The zero-order valence-corrected chi connectivity index (χ0v) is 41.6. The third-order valence-electron chi connectivity index (χ3n) is 11.7. The number of tetrazole rings is 2. The standard InChI is InChI=1S/C27H23ClN6O2.C22H20N4O2.C5H5ClN2O/c1-18-29-26(28)24(17-35)33(18)15-19-11-13-20(14-12-19)22-8-4-5-9-23(22)27-30-31-32-34(27)16-21-7-3-6-10-25(21)36-2;1-28-21-9-5-2-6-18(21)14-26-22(23-24-25-26)20-8-4-3-7-19(20)17-12-10-16(15-27)11-13-17;1-3-7-4(2-9)5(6)8-3/h3-14,17H,15-16H2,1-2H3;2-13,27H,14-15H2,1H3;2H,1H3,(H,7,8). The number of halogens is 2. The van der Waals surface area contributed by atoms with Crippen molar-refractivity contribution in [3.63, 3.8) is 0 Å². The molecule has 0 spiro atoms. The average molecular weight is 1020 g/mol. The second-order valence-electron chi connectivity index (χ2n) is 16.3. The Labute approximate surface area is 430 Å². The maximum absolute atomic E-state index is 11.4. The van der Waals surface area contributed by atoms with Crippen molar-refractivity contribution in [1.82, 2.24) is 59.9 Å². The van der Waals surface area contributed by atoms with Crippen LogP contribution in [0, 0.1) is 13.8 Å². The third-order valence-corrected chi connectivity index (χ3v) is 12.2. The summed E-state index contributed by atoms with van der Waals surface area (Å²) < 4.78 is 16.3. The molecular formula is C54H48Cl2N12O5. The number of hydrogen-bond donors (Lipinski definition) is 2. The van der Waals surface area contributed by atoms with Gasteiger partial charge in [-0.25, -0.2) is 19.3 Å². The van der Waals surface area contributed by atoms with Gasteiger partial charge in [-0.3, -0.25) is 9.59 Å². The van der Waals surface area contributed by atoms with Gasteiger partial charge >= 0.3 is 0 Å². The lowest BCUT2D eigenvalue weighted by molar-refractivity contribution is 0.111. The number of aliphatic hydroxyl groups excluding tert-OH is 1. The first-order valence-corrected chi connectivity index (χ1v) is 23.5. The third kappa shape index (κ3) is 11.9. The zero-order chi connectivity index (χ0) is 51.3. The molecule has 4 aromatic heterocycles. The monoisotopic (exact) mass is 1010 g/mol. The number of aromatic nitrogens is 12. The molecule has 0 aliphatic heterocycles. The SMILES string of the molecule is COc1ccccc1Cn1nnnc1-c1ccccc1-c1ccc(CO)cc1.COc1ccccc1Cn1nnnc1-c1ccccc1-c1ccc(Cn2c(C)nc(Cl)c2C=O)cc1.Cc1nc(C=O)c(Cl)[nH]1. The second kappa shape index (κ2) is 24.0. The minimum absolute atomic E-state index is 0.0269. The number of hydrogen-bond acceptors (Lipinski definition) is 13. The number of nitrogens with one attached hydrogen (secondary N) is 1. The van der Waals surface area contributed by atoms with Crippen molar-refractivity contribution < 1.29 is 24.2 Å². The van der Waals surface area contributed by atoms with Crippen molar-refractivity contribution in [3.05, 3.63) is 201 Å². The summed E-state index contributed by atoms with van der Waals surface area (Å²) in [6.45, 7) is 5.07. The molecule has 19 heteroatoms. The number of H-pyrrole nitrogens is 1.